The number of alkyl halides is 1. The van der Waals surface area contributed by atoms with Gasteiger partial charge < -0.3 is 0 Å². The van der Waals surface area contributed by atoms with Crippen molar-refractivity contribution in [3.63, 3.8) is 0 Å². The van der Waals surface area contributed by atoms with Crippen LogP contribution >= 0.6 is 27.5 Å². The van der Waals surface area contributed by atoms with Crippen molar-refractivity contribution >= 4 is 27.5 Å². The van der Waals surface area contributed by atoms with E-state index in [-0.39, 0.29) is 0 Å². The lowest BCUT2D eigenvalue weighted by molar-refractivity contribution is 0.810. The molecule has 0 N–H and O–H groups in total. The third-order valence-electron chi connectivity index (χ3n) is 1.29. The average Bonchev–Trinajstić information content (AvgIpc) is 2.34. The first-order valence-electron chi connectivity index (χ1n) is 3.32. The molecule has 0 radical (unpaired) electrons. The summed E-state index contributed by atoms with van der Waals surface area (Å²) >= 11 is 5.02. The highest BCUT2D eigenvalue weighted by Crippen LogP contribution is 2.09. The Morgan fingerprint density at radius 3 is 3.10 bits per heavy atom. The van der Waals surface area contributed by atoms with Gasteiger partial charge in [-0.15, -0.1) is 0 Å². The van der Waals surface area contributed by atoms with Gasteiger partial charge in [-0.1, -0.05) is 22.9 Å². The van der Waals surface area contributed by atoms with Crippen LogP contribution in [0, 0.1) is 0 Å². The van der Waals surface area contributed by atoms with Gasteiger partial charge in [0.05, 0.1) is 5.69 Å². The molecule has 1 aromatic heterocycles. The van der Waals surface area contributed by atoms with Crippen molar-refractivity contribution < 1.29 is 0 Å². The van der Waals surface area contributed by atoms with E-state index >= 15 is 0 Å². The third-order valence-corrected chi connectivity index (χ3v) is 2.35. The van der Waals surface area contributed by atoms with Gasteiger partial charge in [0.1, 0.15) is 0 Å². The predicted octanol–water partition coefficient (Wildman–Crippen LogP) is 2.86. The molecular formula is C7H10BrNS. The molecule has 56 valence electrons. The number of aryl methyl sites for hydroxylation is 1. The molecule has 1 aromatic rings. The van der Waals surface area contributed by atoms with Crippen molar-refractivity contribution in [2.75, 3.05) is 0 Å². The van der Waals surface area contributed by atoms with Gasteiger partial charge in [-0.25, -0.2) is 0 Å². The Labute approximate surface area is 73.8 Å². The summed E-state index contributed by atoms with van der Waals surface area (Å²) in [6.07, 6.45) is 2.26. The summed E-state index contributed by atoms with van der Waals surface area (Å²) in [5.74, 6) is 0. The molecule has 1 unspecified atom stereocenters. The van der Waals surface area contributed by atoms with E-state index < -0.39 is 0 Å². The summed E-state index contributed by atoms with van der Waals surface area (Å²) in [5.41, 5.74) is 1.22. The maximum atomic E-state index is 4.21. The van der Waals surface area contributed by atoms with Crippen LogP contribution in [0.3, 0.4) is 0 Å². The lowest BCUT2D eigenvalue weighted by Crippen LogP contribution is -1.93. The molecule has 0 aliphatic carbocycles. The molecule has 0 fully saturated rings. The quantitative estimate of drug-likeness (QED) is 0.713. The zero-order valence-corrected chi connectivity index (χ0v) is 8.28. The second kappa shape index (κ2) is 4.09. The minimum absolute atomic E-state index is 0.606. The zero-order chi connectivity index (χ0) is 7.40. The van der Waals surface area contributed by atoms with Crippen molar-refractivity contribution in [2.45, 2.75) is 24.6 Å². The largest absolute Gasteiger partial charge is 0.198 e. The van der Waals surface area contributed by atoms with Crippen LogP contribution in [0.4, 0.5) is 0 Å². The van der Waals surface area contributed by atoms with E-state index in [4.69, 9.17) is 0 Å². The van der Waals surface area contributed by atoms with Gasteiger partial charge in [-0.3, -0.25) is 0 Å². The average molecular weight is 220 g/mol. The number of hydrogen-bond donors (Lipinski definition) is 0. The molecule has 0 aromatic carbocycles. The highest BCUT2D eigenvalue weighted by Gasteiger charge is 1.98. The molecule has 1 heterocycles. The standard InChI is InChI=1S/C7H10BrNS/c1-6(8)2-3-7-4-5-10-9-7/h4-6H,2-3H2,1H3. The van der Waals surface area contributed by atoms with Crippen molar-refractivity contribution in [3.05, 3.63) is 17.1 Å². The van der Waals surface area contributed by atoms with Crippen molar-refractivity contribution in [2.24, 2.45) is 0 Å². The van der Waals surface area contributed by atoms with Crippen molar-refractivity contribution in [1.82, 2.24) is 4.37 Å². The Balaban J connectivity index is 2.28. The summed E-state index contributed by atoms with van der Waals surface area (Å²) in [5, 5.41) is 2.02. The fourth-order valence-corrected chi connectivity index (χ4v) is 1.51. The molecule has 1 atom stereocenters. The highest BCUT2D eigenvalue weighted by atomic mass is 79.9. The van der Waals surface area contributed by atoms with Crippen molar-refractivity contribution in [3.8, 4) is 0 Å². The van der Waals surface area contributed by atoms with Crippen LogP contribution in [-0.2, 0) is 6.42 Å². The monoisotopic (exact) mass is 219 g/mol. The maximum absolute atomic E-state index is 4.21. The molecule has 0 saturated heterocycles. The van der Waals surface area contributed by atoms with Gasteiger partial charge in [0, 0.05) is 10.2 Å². The highest BCUT2D eigenvalue weighted by molar-refractivity contribution is 9.09. The number of aromatic nitrogens is 1. The fraction of sp³-hybridized carbons (Fsp3) is 0.571. The number of nitrogens with zero attached hydrogens (tertiary/aromatic N) is 1. The first kappa shape index (κ1) is 8.21. The molecule has 0 amide bonds. The van der Waals surface area contributed by atoms with Gasteiger partial charge in [-0.05, 0) is 30.4 Å². The maximum Gasteiger partial charge on any atom is 0.0542 e. The summed E-state index contributed by atoms with van der Waals surface area (Å²) in [6.45, 7) is 2.16. The molecule has 1 nitrogen and oxygen atoms in total. The molecule has 3 heteroatoms. The summed E-state index contributed by atoms with van der Waals surface area (Å²) < 4.78 is 4.21. The Morgan fingerprint density at radius 1 is 1.80 bits per heavy atom. The topological polar surface area (TPSA) is 12.9 Å². The lowest BCUT2D eigenvalue weighted by atomic mass is 10.2. The molecule has 0 bridgehead atoms. The Morgan fingerprint density at radius 2 is 2.60 bits per heavy atom. The molecule has 0 aliphatic heterocycles. The van der Waals surface area contributed by atoms with Gasteiger partial charge in [-0.2, -0.15) is 4.37 Å². The van der Waals surface area contributed by atoms with Crippen LogP contribution in [0.5, 0.6) is 0 Å². The molecule has 10 heavy (non-hydrogen) atoms. The SMILES string of the molecule is CC(Br)CCc1ccsn1. The summed E-state index contributed by atoms with van der Waals surface area (Å²) in [6, 6.07) is 2.08. The Bertz CT molecular complexity index is 172. The van der Waals surface area contributed by atoms with Crippen molar-refractivity contribution in [1.29, 1.82) is 0 Å². The Kier molecular flexibility index (Phi) is 3.35. The van der Waals surface area contributed by atoms with Gasteiger partial charge >= 0.3 is 0 Å². The van der Waals surface area contributed by atoms with Crippen LogP contribution in [-0.4, -0.2) is 9.20 Å². The normalized spacial score (nSPS) is 13.4. The second-order valence-corrected chi connectivity index (χ2v) is 4.54. The molecule has 0 aliphatic rings. The molecule has 1 rings (SSSR count). The van der Waals surface area contributed by atoms with Gasteiger partial charge in [0.2, 0.25) is 0 Å². The van der Waals surface area contributed by atoms with Crippen LogP contribution in [0.2, 0.25) is 0 Å². The first-order valence-corrected chi connectivity index (χ1v) is 5.07. The predicted molar refractivity (Wildman–Crippen MR) is 48.8 cm³/mol. The smallest absolute Gasteiger partial charge is 0.0542 e. The van der Waals surface area contributed by atoms with Crippen LogP contribution in [0.25, 0.3) is 0 Å². The minimum Gasteiger partial charge on any atom is -0.198 e. The van der Waals surface area contributed by atoms with Gasteiger partial charge in [0.15, 0.2) is 0 Å². The summed E-state index contributed by atoms with van der Waals surface area (Å²) in [4.78, 5) is 0.606. The number of rotatable bonds is 3. The zero-order valence-electron chi connectivity index (χ0n) is 5.88. The first-order chi connectivity index (χ1) is 4.79. The van der Waals surface area contributed by atoms with E-state index in [2.05, 4.69) is 33.3 Å². The van der Waals surface area contributed by atoms with E-state index in [9.17, 15) is 0 Å². The molecule has 0 spiro atoms. The van der Waals surface area contributed by atoms with Crippen LogP contribution in [0.15, 0.2) is 11.4 Å². The van der Waals surface area contributed by atoms with E-state index in [0.717, 1.165) is 6.42 Å². The van der Waals surface area contributed by atoms with E-state index in [1.54, 1.807) is 0 Å². The summed E-state index contributed by atoms with van der Waals surface area (Å²) in [7, 11) is 0. The molecule has 0 saturated carbocycles. The van der Waals surface area contributed by atoms with Crippen LogP contribution < -0.4 is 0 Å². The fourth-order valence-electron chi connectivity index (χ4n) is 0.713. The van der Waals surface area contributed by atoms with Gasteiger partial charge in [0.25, 0.3) is 0 Å². The van der Waals surface area contributed by atoms with E-state index in [1.165, 1.54) is 23.6 Å². The number of halogens is 1. The molecular weight excluding hydrogens is 210 g/mol. The van der Waals surface area contributed by atoms with E-state index in [0.29, 0.717) is 4.83 Å². The van der Waals surface area contributed by atoms with Crippen LogP contribution in [0.1, 0.15) is 19.0 Å². The lowest BCUT2D eigenvalue weighted by Gasteiger charge is -1.98. The van der Waals surface area contributed by atoms with E-state index in [1.807, 2.05) is 5.38 Å². The second-order valence-electron chi connectivity index (χ2n) is 2.31. The number of hydrogen-bond acceptors (Lipinski definition) is 2. The Hall–Kier alpha value is 0.110. The minimum atomic E-state index is 0.606. The third kappa shape index (κ3) is 2.80.